The highest BCUT2D eigenvalue weighted by atomic mass is 79.9. The molecule has 5 nitrogen and oxygen atoms in total. The summed E-state index contributed by atoms with van der Waals surface area (Å²) in [5.74, 6) is 0.333. The zero-order valence-electron chi connectivity index (χ0n) is 9.97. The summed E-state index contributed by atoms with van der Waals surface area (Å²) in [7, 11) is 0. The molecule has 6 heteroatoms. The number of hydrogen-bond acceptors (Lipinski definition) is 4. The maximum Gasteiger partial charge on any atom is 0.262 e. The van der Waals surface area contributed by atoms with Crippen molar-refractivity contribution >= 4 is 33.2 Å². The first-order valence-corrected chi connectivity index (χ1v) is 6.33. The Kier molecular flexibility index (Phi) is 4.35. The van der Waals surface area contributed by atoms with Gasteiger partial charge in [-0.25, -0.2) is 4.98 Å². The number of aromatic nitrogens is 1. The van der Waals surface area contributed by atoms with E-state index in [2.05, 4.69) is 26.2 Å². The highest BCUT2D eigenvalue weighted by molar-refractivity contribution is 9.10. The van der Waals surface area contributed by atoms with Gasteiger partial charge in [-0.2, -0.15) is 0 Å². The predicted octanol–water partition coefficient (Wildman–Crippen LogP) is 2.44. The lowest BCUT2D eigenvalue weighted by molar-refractivity contribution is -0.118. The molecule has 0 fully saturated rings. The fourth-order valence-electron chi connectivity index (χ4n) is 1.38. The fourth-order valence-corrected chi connectivity index (χ4v) is 1.73. The normalized spacial score (nSPS) is 9.95. The van der Waals surface area contributed by atoms with Gasteiger partial charge in [0, 0.05) is 11.9 Å². The van der Waals surface area contributed by atoms with E-state index in [4.69, 9.17) is 10.5 Å². The Morgan fingerprint density at radius 1 is 1.32 bits per heavy atom. The van der Waals surface area contributed by atoms with Gasteiger partial charge in [0.2, 0.25) is 0 Å². The van der Waals surface area contributed by atoms with Crippen molar-refractivity contribution in [2.24, 2.45) is 0 Å². The quantitative estimate of drug-likeness (QED) is 0.669. The number of carbonyl (C=O) groups excluding carboxylic acids is 1. The Balaban J connectivity index is 1.88. The number of nitrogens with two attached hydrogens (primary N) is 1. The third-order valence-corrected chi connectivity index (χ3v) is 2.92. The maximum atomic E-state index is 11.7. The molecular formula is C13H12BrN3O2. The third kappa shape index (κ3) is 3.96. The van der Waals surface area contributed by atoms with Gasteiger partial charge in [-0.1, -0.05) is 0 Å². The smallest absolute Gasteiger partial charge is 0.262 e. The van der Waals surface area contributed by atoms with Crippen molar-refractivity contribution in [1.82, 2.24) is 4.98 Å². The summed E-state index contributed by atoms with van der Waals surface area (Å²) in [6.45, 7) is -0.0781. The summed E-state index contributed by atoms with van der Waals surface area (Å²) in [4.78, 5) is 15.7. The predicted molar refractivity (Wildman–Crippen MR) is 76.9 cm³/mol. The van der Waals surface area contributed by atoms with Crippen LogP contribution in [0.15, 0.2) is 47.2 Å². The van der Waals surface area contributed by atoms with Crippen LogP contribution in [0.25, 0.3) is 0 Å². The lowest BCUT2D eigenvalue weighted by Gasteiger charge is -2.08. The Hall–Kier alpha value is -2.08. The number of nitrogens with one attached hydrogen (secondary N) is 1. The first-order valence-electron chi connectivity index (χ1n) is 5.54. The van der Waals surface area contributed by atoms with Crippen LogP contribution in [0.5, 0.6) is 5.75 Å². The number of benzene rings is 1. The van der Waals surface area contributed by atoms with Crippen LogP contribution in [-0.2, 0) is 4.79 Å². The zero-order valence-corrected chi connectivity index (χ0v) is 11.6. The Labute approximate surface area is 118 Å². The molecule has 0 bridgehead atoms. The van der Waals surface area contributed by atoms with Gasteiger partial charge in [0.15, 0.2) is 6.61 Å². The summed E-state index contributed by atoms with van der Waals surface area (Å²) >= 11 is 3.25. The number of hydrogen-bond donors (Lipinski definition) is 2. The number of anilines is 2. The number of amides is 1. The summed E-state index contributed by atoms with van der Waals surface area (Å²) in [6, 6.07) is 10.3. The van der Waals surface area contributed by atoms with Gasteiger partial charge in [0.05, 0.1) is 5.69 Å². The third-order valence-electron chi connectivity index (χ3n) is 2.28. The monoisotopic (exact) mass is 321 g/mol. The van der Waals surface area contributed by atoms with E-state index in [1.165, 1.54) is 0 Å². The van der Waals surface area contributed by atoms with Crippen LogP contribution in [0.3, 0.4) is 0 Å². The molecule has 0 saturated heterocycles. The molecule has 0 unspecified atom stereocenters. The number of nitrogens with zero attached hydrogens (tertiary/aromatic N) is 1. The van der Waals surface area contributed by atoms with Crippen molar-refractivity contribution in [3.05, 3.63) is 47.2 Å². The fraction of sp³-hybridized carbons (Fsp3) is 0.0769. The second-order valence-corrected chi connectivity index (χ2v) is 4.50. The minimum Gasteiger partial charge on any atom is -0.484 e. The molecule has 0 spiro atoms. The van der Waals surface area contributed by atoms with Crippen LogP contribution in [0.1, 0.15) is 0 Å². The highest BCUT2D eigenvalue weighted by Crippen LogP contribution is 2.18. The van der Waals surface area contributed by atoms with Crippen LogP contribution in [-0.4, -0.2) is 17.5 Å². The van der Waals surface area contributed by atoms with Gasteiger partial charge in [0.1, 0.15) is 10.4 Å². The molecule has 3 N–H and O–H groups in total. The van der Waals surface area contributed by atoms with Gasteiger partial charge >= 0.3 is 0 Å². The first-order chi connectivity index (χ1) is 9.15. The van der Waals surface area contributed by atoms with E-state index in [0.29, 0.717) is 21.7 Å². The molecule has 0 aliphatic heterocycles. The van der Waals surface area contributed by atoms with E-state index >= 15 is 0 Å². The number of rotatable bonds is 4. The van der Waals surface area contributed by atoms with Crippen LogP contribution in [0.4, 0.5) is 11.4 Å². The van der Waals surface area contributed by atoms with Crippen molar-refractivity contribution in [2.45, 2.75) is 0 Å². The second-order valence-electron chi connectivity index (χ2n) is 3.75. The van der Waals surface area contributed by atoms with Crippen molar-refractivity contribution in [3.8, 4) is 5.75 Å². The van der Waals surface area contributed by atoms with E-state index in [9.17, 15) is 4.79 Å². The van der Waals surface area contributed by atoms with Gasteiger partial charge in [0.25, 0.3) is 5.91 Å². The largest absolute Gasteiger partial charge is 0.484 e. The van der Waals surface area contributed by atoms with Gasteiger partial charge in [-0.05, 0) is 52.3 Å². The lowest BCUT2D eigenvalue weighted by Crippen LogP contribution is -2.20. The summed E-state index contributed by atoms with van der Waals surface area (Å²) in [5.41, 5.74) is 6.81. The molecule has 0 atom stereocenters. The molecule has 2 aromatic rings. The Bertz CT molecular complexity index is 572. The van der Waals surface area contributed by atoms with Crippen LogP contribution < -0.4 is 15.8 Å². The molecule has 2 rings (SSSR count). The topological polar surface area (TPSA) is 77.2 Å². The number of nitrogen functional groups attached to an aromatic ring is 1. The number of pyridine rings is 1. The molecular weight excluding hydrogens is 310 g/mol. The number of halogens is 1. The molecule has 0 radical (unpaired) electrons. The molecule has 19 heavy (non-hydrogen) atoms. The standard InChI is InChI=1S/C13H12BrN3O2/c14-13-11(2-1-7-16-13)17-12(18)8-19-10-5-3-9(15)4-6-10/h1-7H,8,15H2,(H,17,18). The summed E-state index contributed by atoms with van der Waals surface area (Å²) in [5, 5.41) is 2.69. The molecule has 1 amide bonds. The summed E-state index contributed by atoms with van der Waals surface area (Å²) < 4.78 is 5.91. The van der Waals surface area contributed by atoms with E-state index in [-0.39, 0.29) is 12.5 Å². The molecule has 1 aromatic heterocycles. The lowest BCUT2D eigenvalue weighted by atomic mass is 10.3. The zero-order chi connectivity index (χ0) is 13.7. The molecule has 0 aliphatic carbocycles. The average Bonchev–Trinajstić information content (AvgIpc) is 2.41. The first kappa shape index (κ1) is 13.4. The summed E-state index contributed by atoms with van der Waals surface area (Å²) in [6.07, 6.45) is 1.63. The van der Waals surface area contributed by atoms with E-state index in [1.54, 1.807) is 42.6 Å². The van der Waals surface area contributed by atoms with E-state index in [1.807, 2.05) is 0 Å². The van der Waals surface area contributed by atoms with E-state index < -0.39 is 0 Å². The number of carbonyl (C=O) groups is 1. The van der Waals surface area contributed by atoms with Crippen LogP contribution in [0, 0.1) is 0 Å². The Morgan fingerprint density at radius 2 is 2.05 bits per heavy atom. The minimum atomic E-state index is -0.259. The average molecular weight is 322 g/mol. The Morgan fingerprint density at radius 3 is 2.74 bits per heavy atom. The molecule has 98 valence electrons. The van der Waals surface area contributed by atoms with Crippen molar-refractivity contribution in [1.29, 1.82) is 0 Å². The maximum absolute atomic E-state index is 11.7. The second kappa shape index (κ2) is 6.19. The van der Waals surface area contributed by atoms with Crippen LogP contribution in [0.2, 0.25) is 0 Å². The van der Waals surface area contributed by atoms with Gasteiger partial charge in [-0.3, -0.25) is 4.79 Å². The van der Waals surface area contributed by atoms with Crippen molar-refractivity contribution in [3.63, 3.8) is 0 Å². The van der Waals surface area contributed by atoms with Crippen molar-refractivity contribution in [2.75, 3.05) is 17.7 Å². The molecule has 1 aromatic carbocycles. The van der Waals surface area contributed by atoms with Crippen molar-refractivity contribution < 1.29 is 9.53 Å². The van der Waals surface area contributed by atoms with Crippen LogP contribution >= 0.6 is 15.9 Å². The van der Waals surface area contributed by atoms with E-state index in [0.717, 1.165) is 0 Å². The molecule has 0 aliphatic rings. The van der Waals surface area contributed by atoms with Gasteiger partial charge < -0.3 is 15.8 Å². The SMILES string of the molecule is Nc1ccc(OCC(=O)Nc2cccnc2Br)cc1. The number of ether oxygens (including phenoxy) is 1. The molecule has 1 heterocycles. The highest BCUT2D eigenvalue weighted by Gasteiger charge is 2.06. The minimum absolute atomic E-state index is 0.0781. The molecule has 0 saturated carbocycles. The van der Waals surface area contributed by atoms with Gasteiger partial charge in [-0.15, -0.1) is 0 Å².